The third-order valence-corrected chi connectivity index (χ3v) is 6.90. The predicted molar refractivity (Wildman–Crippen MR) is 122 cm³/mol. The lowest BCUT2D eigenvalue weighted by Gasteiger charge is -2.26. The molecular weight excluding hydrogens is 432 g/mol. The van der Waals surface area contributed by atoms with Crippen LogP contribution >= 0.6 is 0 Å². The van der Waals surface area contributed by atoms with Crippen molar-refractivity contribution in [3.05, 3.63) is 48.0 Å². The number of nitrogens with one attached hydrogen (secondary N) is 1. The van der Waals surface area contributed by atoms with Crippen LogP contribution in [0.1, 0.15) is 25.8 Å². The molecule has 2 aromatic rings. The van der Waals surface area contributed by atoms with Gasteiger partial charge in [0.05, 0.1) is 37.0 Å². The van der Waals surface area contributed by atoms with Gasteiger partial charge in [0, 0.05) is 19.5 Å². The molecule has 0 atom stereocenters. The van der Waals surface area contributed by atoms with Gasteiger partial charge in [0.25, 0.3) is 0 Å². The highest BCUT2D eigenvalue weighted by atomic mass is 32.2. The van der Waals surface area contributed by atoms with Gasteiger partial charge in [0.15, 0.2) is 0 Å². The van der Waals surface area contributed by atoms with Crippen molar-refractivity contribution in [1.29, 1.82) is 0 Å². The zero-order chi connectivity index (χ0) is 23.1. The van der Waals surface area contributed by atoms with E-state index in [1.165, 1.54) is 17.5 Å². The summed E-state index contributed by atoms with van der Waals surface area (Å²) in [5.41, 5.74) is 1.26. The maximum absolute atomic E-state index is 13.0. The summed E-state index contributed by atoms with van der Waals surface area (Å²) in [7, 11) is -2.11. The highest BCUT2D eigenvalue weighted by molar-refractivity contribution is 7.89. The molecule has 0 radical (unpaired) electrons. The van der Waals surface area contributed by atoms with Crippen LogP contribution in [0.15, 0.2) is 47.4 Å². The van der Waals surface area contributed by atoms with Gasteiger partial charge in [-0.3, -0.25) is 4.79 Å². The summed E-state index contributed by atoms with van der Waals surface area (Å²) in [4.78, 5) is 12.8. The van der Waals surface area contributed by atoms with Gasteiger partial charge in [0.1, 0.15) is 11.5 Å². The first-order chi connectivity index (χ1) is 15.3. The van der Waals surface area contributed by atoms with Gasteiger partial charge in [-0.25, -0.2) is 8.42 Å². The number of anilines is 1. The monoisotopic (exact) mass is 462 g/mol. The number of benzene rings is 2. The van der Waals surface area contributed by atoms with E-state index in [1.54, 1.807) is 24.3 Å². The SMILES string of the molecule is COc1ccc(S(=O)(=O)N2CCOCC2)cc1CCC(=O)Nc1ccccc1OC(C)C. The topological polar surface area (TPSA) is 94.2 Å². The molecule has 0 aromatic heterocycles. The Labute approximate surface area is 189 Å². The largest absolute Gasteiger partial charge is 0.496 e. The van der Waals surface area contributed by atoms with Crippen LogP contribution in [-0.4, -0.2) is 58.1 Å². The standard InChI is InChI=1S/C23H30N2O6S/c1-17(2)31-22-7-5-4-6-20(22)24-23(26)11-8-18-16-19(9-10-21(18)29-3)32(27,28)25-12-14-30-15-13-25/h4-7,9-10,16-17H,8,11-15H2,1-3H3,(H,24,26). The van der Waals surface area contributed by atoms with E-state index in [0.717, 1.165) is 0 Å². The molecular formula is C23H30N2O6S. The Morgan fingerprint density at radius 1 is 1.12 bits per heavy atom. The number of amides is 1. The zero-order valence-corrected chi connectivity index (χ0v) is 19.5. The fourth-order valence-corrected chi connectivity index (χ4v) is 4.89. The number of ether oxygens (including phenoxy) is 3. The van der Waals surface area contributed by atoms with Crippen molar-refractivity contribution >= 4 is 21.6 Å². The predicted octanol–water partition coefficient (Wildman–Crippen LogP) is 3.07. The summed E-state index contributed by atoms with van der Waals surface area (Å²) < 4.78 is 43.8. The van der Waals surface area contributed by atoms with Crippen LogP contribution in [0.5, 0.6) is 11.5 Å². The Morgan fingerprint density at radius 3 is 2.53 bits per heavy atom. The summed E-state index contributed by atoms with van der Waals surface area (Å²) >= 11 is 0. The number of carbonyl (C=O) groups excluding carboxylic acids is 1. The van der Waals surface area contributed by atoms with Crippen molar-refractivity contribution in [2.75, 3.05) is 38.7 Å². The maximum Gasteiger partial charge on any atom is 0.243 e. The highest BCUT2D eigenvalue weighted by Crippen LogP contribution is 2.28. The van der Waals surface area contributed by atoms with Crippen molar-refractivity contribution in [3.63, 3.8) is 0 Å². The van der Waals surface area contributed by atoms with Gasteiger partial charge in [-0.2, -0.15) is 4.31 Å². The van der Waals surface area contributed by atoms with Crippen molar-refractivity contribution in [2.45, 2.75) is 37.7 Å². The normalized spacial score (nSPS) is 14.9. The molecule has 2 aromatic carbocycles. The van der Waals surface area contributed by atoms with E-state index >= 15 is 0 Å². The second-order valence-electron chi connectivity index (χ2n) is 7.70. The Bertz CT molecular complexity index is 1030. The second-order valence-corrected chi connectivity index (χ2v) is 9.64. The summed E-state index contributed by atoms with van der Waals surface area (Å²) in [6.07, 6.45) is 0.468. The van der Waals surface area contributed by atoms with Crippen LogP contribution in [0.25, 0.3) is 0 Å². The smallest absolute Gasteiger partial charge is 0.243 e. The molecule has 1 heterocycles. The number of carbonyl (C=O) groups is 1. The minimum Gasteiger partial charge on any atom is -0.496 e. The molecule has 1 aliphatic rings. The summed E-state index contributed by atoms with van der Waals surface area (Å²) in [5.74, 6) is 0.947. The average Bonchev–Trinajstić information content (AvgIpc) is 2.79. The van der Waals surface area contributed by atoms with Gasteiger partial charge >= 0.3 is 0 Å². The highest BCUT2D eigenvalue weighted by Gasteiger charge is 2.27. The Hall–Kier alpha value is -2.62. The number of para-hydroxylation sites is 2. The lowest BCUT2D eigenvalue weighted by atomic mass is 10.1. The molecule has 0 aliphatic carbocycles. The van der Waals surface area contributed by atoms with Gasteiger partial charge in [-0.05, 0) is 56.2 Å². The van der Waals surface area contributed by atoms with Crippen molar-refractivity contribution in [1.82, 2.24) is 4.31 Å². The van der Waals surface area contributed by atoms with Gasteiger partial charge in [-0.1, -0.05) is 12.1 Å². The lowest BCUT2D eigenvalue weighted by Crippen LogP contribution is -2.40. The van der Waals surface area contributed by atoms with E-state index < -0.39 is 10.0 Å². The molecule has 9 heteroatoms. The van der Waals surface area contributed by atoms with Crippen molar-refractivity contribution < 1.29 is 27.4 Å². The Balaban J connectivity index is 1.72. The molecule has 1 saturated heterocycles. The molecule has 3 rings (SSSR count). The van der Waals surface area contributed by atoms with Gasteiger partial charge < -0.3 is 19.5 Å². The van der Waals surface area contributed by atoms with Crippen LogP contribution in [0.2, 0.25) is 0 Å². The summed E-state index contributed by atoms with van der Waals surface area (Å²) in [6, 6.07) is 12.0. The first-order valence-corrected chi connectivity index (χ1v) is 12.1. The van der Waals surface area contributed by atoms with E-state index in [-0.39, 0.29) is 23.3 Å². The quantitative estimate of drug-likeness (QED) is 0.616. The van der Waals surface area contributed by atoms with E-state index in [9.17, 15) is 13.2 Å². The molecule has 174 valence electrons. The van der Waals surface area contributed by atoms with Crippen LogP contribution < -0.4 is 14.8 Å². The zero-order valence-electron chi connectivity index (χ0n) is 18.7. The van der Waals surface area contributed by atoms with E-state index in [2.05, 4.69) is 5.32 Å². The molecule has 1 fully saturated rings. The van der Waals surface area contributed by atoms with Gasteiger partial charge in [-0.15, -0.1) is 0 Å². The minimum absolute atomic E-state index is 0.0199. The molecule has 0 saturated carbocycles. The molecule has 32 heavy (non-hydrogen) atoms. The molecule has 1 aliphatic heterocycles. The molecule has 0 unspecified atom stereocenters. The second kappa shape index (κ2) is 10.8. The number of hydrogen-bond acceptors (Lipinski definition) is 6. The lowest BCUT2D eigenvalue weighted by molar-refractivity contribution is -0.116. The maximum atomic E-state index is 13.0. The molecule has 8 nitrogen and oxygen atoms in total. The fraction of sp³-hybridized carbons (Fsp3) is 0.435. The summed E-state index contributed by atoms with van der Waals surface area (Å²) in [5, 5.41) is 2.88. The average molecular weight is 463 g/mol. The Morgan fingerprint density at radius 2 is 1.84 bits per heavy atom. The number of nitrogens with zero attached hydrogens (tertiary/aromatic N) is 1. The van der Waals surface area contributed by atoms with E-state index in [1.807, 2.05) is 26.0 Å². The fourth-order valence-electron chi connectivity index (χ4n) is 3.43. The van der Waals surface area contributed by atoms with Crippen LogP contribution in [0.4, 0.5) is 5.69 Å². The third kappa shape index (κ3) is 5.99. The number of methoxy groups -OCH3 is 1. The minimum atomic E-state index is -3.63. The van der Waals surface area contributed by atoms with Gasteiger partial charge in [0.2, 0.25) is 15.9 Å². The first-order valence-electron chi connectivity index (χ1n) is 10.6. The molecule has 0 bridgehead atoms. The van der Waals surface area contributed by atoms with Crippen molar-refractivity contribution in [2.24, 2.45) is 0 Å². The first kappa shape index (κ1) is 24.0. The van der Waals surface area contributed by atoms with E-state index in [4.69, 9.17) is 14.2 Å². The number of aryl methyl sites for hydroxylation is 1. The Kier molecular flexibility index (Phi) is 8.11. The van der Waals surface area contributed by atoms with E-state index in [0.29, 0.717) is 55.5 Å². The summed E-state index contributed by atoms with van der Waals surface area (Å²) in [6.45, 7) is 5.24. The van der Waals surface area contributed by atoms with Crippen LogP contribution in [-0.2, 0) is 26.0 Å². The molecule has 1 amide bonds. The molecule has 0 spiro atoms. The number of rotatable bonds is 9. The number of morpholine rings is 1. The van der Waals surface area contributed by atoms with Crippen LogP contribution in [0, 0.1) is 0 Å². The number of hydrogen-bond donors (Lipinski definition) is 1. The van der Waals surface area contributed by atoms with Crippen molar-refractivity contribution in [3.8, 4) is 11.5 Å². The molecule has 1 N–H and O–H groups in total. The number of sulfonamides is 1. The third-order valence-electron chi connectivity index (χ3n) is 5.00. The van der Waals surface area contributed by atoms with Crippen LogP contribution in [0.3, 0.4) is 0 Å².